The second-order valence-corrected chi connectivity index (χ2v) is 10.0. The fraction of sp³-hybridized carbons (Fsp3) is 0.704. The highest BCUT2D eigenvalue weighted by molar-refractivity contribution is 5.95. The number of hydrogen-bond donors (Lipinski definition) is 1. The average molecular weight is 472 g/mol. The number of ether oxygens (including phenoxy) is 2. The molecule has 0 radical (unpaired) electrons. The monoisotopic (exact) mass is 471 g/mol. The van der Waals surface area contributed by atoms with Crippen LogP contribution in [0.15, 0.2) is 18.2 Å². The predicted molar refractivity (Wildman–Crippen MR) is 132 cm³/mol. The minimum atomic E-state index is -0.0776. The molecule has 188 valence electrons. The van der Waals surface area contributed by atoms with E-state index in [0.717, 1.165) is 57.8 Å². The molecule has 1 aromatic carbocycles. The SMILES string of the molecule is CCOc1cc(C(=O)NC2CCN(CC3CCCC3)CC2)ccc1OCC(=O)N1CCCCC1. The highest BCUT2D eigenvalue weighted by atomic mass is 16.5. The molecule has 2 aliphatic heterocycles. The molecule has 3 aliphatic rings. The van der Waals surface area contributed by atoms with Crippen molar-refractivity contribution in [3.63, 3.8) is 0 Å². The number of amides is 2. The molecule has 2 heterocycles. The van der Waals surface area contributed by atoms with Crippen LogP contribution in [0.25, 0.3) is 0 Å². The number of hydrogen-bond acceptors (Lipinski definition) is 5. The fourth-order valence-electron chi connectivity index (χ4n) is 5.50. The molecule has 1 aromatic rings. The maximum Gasteiger partial charge on any atom is 0.260 e. The van der Waals surface area contributed by atoms with Crippen LogP contribution in [0.5, 0.6) is 11.5 Å². The molecule has 0 aromatic heterocycles. The van der Waals surface area contributed by atoms with Gasteiger partial charge in [-0.1, -0.05) is 12.8 Å². The van der Waals surface area contributed by atoms with E-state index in [1.807, 2.05) is 11.8 Å². The van der Waals surface area contributed by atoms with Crippen LogP contribution >= 0.6 is 0 Å². The molecule has 1 aliphatic carbocycles. The quantitative estimate of drug-likeness (QED) is 0.592. The first kappa shape index (κ1) is 24.8. The zero-order valence-corrected chi connectivity index (χ0v) is 20.7. The Morgan fingerprint density at radius 1 is 0.912 bits per heavy atom. The molecule has 0 unspecified atom stereocenters. The van der Waals surface area contributed by atoms with Crippen LogP contribution in [0, 0.1) is 5.92 Å². The lowest BCUT2D eigenvalue weighted by Crippen LogP contribution is -2.45. The van der Waals surface area contributed by atoms with Crippen molar-refractivity contribution >= 4 is 11.8 Å². The summed E-state index contributed by atoms with van der Waals surface area (Å²) in [7, 11) is 0. The van der Waals surface area contributed by atoms with Crippen LogP contribution in [0.2, 0.25) is 0 Å². The number of rotatable bonds is 9. The third kappa shape index (κ3) is 6.87. The standard InChI is InChI=1S/C27H41N3O4/c1-2-33-25-18-22(10-11-24(25)34-20-26(31)30-14-6-3-7-15-30)27(32)28-23-12-16-29(17-13-23)19-21-8-4-5-9-21/h10-11,18,21,23H,2-9,12-17,19-20H2,1H3,(H,28,32). The number of carbonyl (C=O) groups excluding carboxylic acids is 2. The van der Waals surface area contributed by atoms with E-state index < -0.39 is 0 Å². The van der Waals surface area contributed by atoms with Crippen molar-refractivity contribution in [2.75, 3.05) is 45.9 Å². The van der Waals surface area contributed by atoms with Crippen LogP contribution < -0.4 is 14.8 Å². The van der Waals surface area contributed by atoms with E-state index in [1.165, 1.54) is 38.6 Å². The first-order chi connectivity index (χ1) is 16.6. The van der Waals surface area contributed by atoms with Gasteiger partial charge in [-0.2, -0.15) is 0 Å². The Hall–Kier alpha value is -2.28. The smallest absolute Gasteiger partial charge is 0.260 e. The second kappa shape index (κ2) is 12.4. The van der Waals surface area contributed by atoms with Gasteiger partial charge in [0.15, 0.2) is 18.1 Å². The Bertz CT molecular complexity index is 810. The summed E-state index contributed by atoms with van der Waals surface area (Å²) < 4.78 is 11.5. The van der Waals surface area contributed by atoms with Gasteiger partial charge in [0.25, 0.3) is 11.8 Å². The van der Waals surface area contributed by atoms with Crippen molar-refractivity contribution in [3.8, 4) is 11.5 Å². The van der Waals surface area contributed by atoms with Gasteiger partial charge in [-0.15, -0.1) is 0 Å². The minimum absolute atomic E-state index is 0.00300. The highest BCUT2D eigenvalue weighted by Crippen LogP contribution is 2.29. The van der Waals surface area contributed by atoms with E-state index in [1.54, 1.807) is 18.2 Å². The summed E-state index contributed by atoms with van der Waals surface area (Å²) in [6, 6.07) is 5.44. The number of likely N-dealkylation sites (tertiary alicyclic amines) is 2. The first-order valence-electron chi connectivity index (χ1n) is 13.3. The zero-order valence-electron chi connectivity index (χ0n) is 20.7. The average Bonchev–Trinajstić information content (AvgIpc) is 3.38. The molecular weight excluding hydrogens is 430 g/mol. The van der Waals surface area contributed by atoms with Gasteiger partial charge in [0.05, 0.1) is 6.61 Å². The molecule has 1 saturated carbocycles. The number of nitrogens with one attached hydrogen (secondary N) is 1. The third-order valence-corrected chi connectivity index (χ3v) is 7.48. The normalized spacial score (nSPS) is 20.3. The molecule has 2 saturated heterocycles. The summed E-state index contributed by atoms with van der Waals surface area (Å²) in [4.78, 5) is 29.8. The Morgan fingerprint density at radius 3 is 2.35 bits per heavy atom. The number of nitrogens with zero attached hydrogens (tertiary/aromatic N) is 2. The molecule has 0 bridgehead atoms. The van der Waals surface area contributed by atoms with Gasteiger partial charge < -0.3 is 24.6 Å². The van der Waals surface area contributed by atoms with Crippen molar-refractivity contribution < 1.29 is 19.1 Å². The lowest BCUT2D eigenvalue weighted by Gasteiger charge is -2.33. The maximum absolute atomic E-state index is 12.9. The Kier molecular flexibility index (Phi) is 9.08. The minimum Gasteiger partial charge on any atom is -0.490 e. The van der Waals surface area contributed by atoms with Crippen molar-refractivity contribution in [1.29, 1.82) is 0 Å². The van der Waals surface area contributed by atoms with Crippen LogP contribution in [0.4, 0.5) is 0 Å². The van der Waals surface area contributed by atoms with Crippen LogP contribution in [-0.2, 0) is 4.79 Å². The Labute approximate surface area is 204 Å². The van der Waals surface area contributed by atoms with Crippen LogP contribution in [0.1, 0.15) is 75.1 Å². The lowest BCUT2D eigenvalue weighted by atomic mass is 10.0. The van der Waals surface area contributed by atoms with Gasteiger partial charge >= 0.3 is 0 Å². The summed E-state index contributed by atoms with van der Waals surface area (Å²) in [6.45, 7) is 7.30. The van der Waals surface area contributed by atoms with Crippen molar-refractivity contribution in [3.05, 3.63) is 23.8 Å². The largest absolute Gasteiger partial charge is 0.490 e. The van der Waals surface area contributed by atoms with Crippen LogP contribution in [-0.4, -0.2) is 73.6 Å². The van der Waals surface area contributed by atoms with E-state index in [4.69, 9.17) is 9.47 Å². The predicted octanol–water partition coefficient (Wildman–Crippen LogP) is 3.86. The van der Waals surface area contributed by atoms with Gasteiger partial charge in [0, 0.05) is 44.3 Å². The van der Waals surface area contributed by atoms with Crippen molar-refractivity contribution in [2.45, 2.75) is 70.8 Å². The zero-order chi connectivity index (χ0) is 23.8. The van der Waals surface area contributed by atoms with Gasteiger partial charge in [-0.25, -0.2) is 0 Å². The van der Waals surface area contributed by atoms with Gasteiger partial charge in [-0.3, -0.25) is 9.59 Å². The van der Waals surface area contributed by atoms with E-state index in [2.05, 4.69) is 10.2 Å². The first-order valence-corrected chi connectivity index (χ1v) is 13.3. The van der Waals surface area contributed by atoms with Gasteiger partial charge in [0.1, 0.15) is 0 Å². The topological polar surface area (TPSA) is 71.1 Å². The third-order valence-electron chi connectivity index (χ3n) is 7.48. The van der Waals surface area contributed by atoms with Crippen molar-refractivity contribution in [1.82, 2.24) is 15.1 Å². The van der Waals surface area contributed by atoms with E-state index in [0.29, 0.717) is 23.7 Å². The molecule has 7 nitrogen and oxygen atoms in total. The summed E-state index contributed by atoms with van der Waals surface area (Å²) in [5.74, 6) is 1.81. The summed E-state index contributed by atoms with van der Waals surface area (Å²) in [6.07, 6.45) is 10.8. The summed E-state index contributed by atoms with van der Waals surface area (Å²) in [5.41, 5.74) is 0.562. The second-order valence-electron chi connectivity index (χ2n) is 10.0. The number of piperidine rings is 2. The molecule has 4 rings (SSSR count). The molecule has 3 fully saturated rings. The van der Waals surface area contributed by atoms with Gasteiger partial charge in [0.2, 0.25) is 0 Å². The molecular formula is C27H41N3O4. The van der Waals surface area contributed by atoms with E-state index >= 15 is 0 Å². The van der Waals surface area contributed by atoms with Gasteiger partial charge in [-0.05, 0) is 76.0 Å². The summed E-state index contributed by atoms with van der Waals surface area (Å²) in [5, 5.41) is 3.21. The summed E-state index contributed by atoms with van der Waals surface area (Å²) >= 11 is 0. The molecule has 1 N–H and O–H groups in total. The molecule has 34 heavy (non-hydrogen) atoms. The lowest BCUT2D eigenvalue weighted by molar-refractivity contribution is -0.134. The highest BCUT2D eigenvalue weighted by Gasteiger charge is 2.25. The number of carbonyl (C=O) groups is 2. The number of benzene rings is 1. The van der Waals surface area contributed by atoms with Crippen molar-refractivity contribution in [2.24, 2.45) is 5.92 Å². The molecule has 0 spiro atoms. The van der Waals surface area contributed by atoms with E-state index in [-0.39, 0.29) is 24.5 Å². The molecule has 7 heteroatoms. The Morgan fingerprint density at radius 2 is 1.65 bits per heavy atom. The Balaban J connectivity index is 1.27. The fourth-order valence-corrected chi connectivity index (χ4v) is 5.50. The van der Waals surface area contributed by atoms with Crippen LogP contribution in [0.3, 0.4) is 0 Å². The molecule has 2 amide bonds. The maximum atomic E-state index is 12.9. The van der Waals surface area contributed by atoms with E-state index in [9.17, 15) is 9.59 Å². The molecule has 0 atom stereocenters.